The fraction of sp³-hybridized carbons (Fsp3) is 0.344. The summed E-state index contributed by atoms with van der Waals surface area (Å²) in [6.45, 7) is 3.25. The van der Waals surface area contributed by atoms with Crippen LogP contribution in [0, 0.1) is 0 Å². The number of carbonyl (C=O) groups excluding carboxylic acids is 1. The Hall–Kier alpha value is -3.35. The third-order valence-corrected chi connectivity index (χ3v) is 7.53. The third kappa shape index (κ3) is 7.83. The maximum absolute atomic E-state index is 11.5. The topological polar surface area (TPSA) is 54.0 Å². The SMILES string of the molecule is CCCc1c(OOCCCCOc2cccc(CC(=O)OC)c2)ccc2c(CCc3ccccc3)csc12. The molecule has 1 aromatic heterocycles. The minimum atomic E-state index is -0.261. The van der Waals surface area contributed by atoms with Gasteiger partial charge < -0.3 is 14.4 Å². The van der Waals surface area contributed by atoms with Gasteiger partial charge in [0.25, 0.3) is 0 Å². The predicted octanol–water partition coefficient (Wildman–Crippen LogP) is 7.52. The Balaban J connectivity index is 1.24. The van der Waals surface area contributed by atoms with Gasteiger partial charge >= 0.3 is 5.97 Å². The molecule has 3 aromatic carbocycles. The van der Waals surface area contributed by atoms with Crippen molar-refractivity contribution in [2.24, 2.45) is 0 Å². The van der Waals surface area contributed by atoms with E-state index in [-0.39, 0.29) is 12.4 Å². The molecule has 0 aliphatic rings. The molecule has 0 amide bonds. The Kier molecular flexibility index (Phi) is 10.6. The number of rotatable bonds is 15. The molecular formula is C32H36O5S. The molecule has 1 heterocycles. The molecule has 6 heteroatoms. The molecule has 4 rings (SSSR count). The van der Waals surface area contributed by atoms with Crippen LogP contribution in [0.25, 0.3) is 10.1 Å². The minimum Gasteiger partial charge on any atom is -0.494 e. The van der Waals surface area contributed by atoms with Gasteiger partial charge in [-0.05, 0) is 83.8 Å². The van der Waals surface area contributed by atoms with E-state index in [4.69, 9.17) is 19.2 Å². The van der Waals surface area contributed by atoms with Gasteiger partial charge in [0.05, 0.1) is 26.7 Å². The molecule has 0 bridgehead atoms. The lowest BCUT2D eigenvalue weighted by Crippen LogP contribution is -2.06. The first-order valence-electron chi connectivity index (χ1n) is 13.3. The molecule has 0 saturated carbocycles. The van der Waals surface area contributed by atoms with Crippen molar-refractivity contribution in [3.8, 4) is 11.5 Å². The van der Waals surface area contributed by atoms with Crippen molar-refractivity contribution in [2.45, 2.75) is 51.9 Å². The average Bonchev–Trinajstić information content (AvgIpc) is 3.36. The van der Waals surface area contributed by atoms with Gasteiger partial charge in [-0.3, -0.25) is 4.79 Å². The number of methoxy groups -OCH3 is 1. The molecule has 0 aliphatic carbocycles. The van der Waals surface area contributed by atoms with E-state index in [2.05, 4.69) is 54.8 Å². The second-order valence-electron chi connectivity index (χ2n) is 9.28. The van der Waals surface area contributed by atoms with Crippen LogP contribution in [0.5, 0.6) is 11.5 Å². The maximum atomic E-state index is 11.5. The molecule has 0 N–H and O–H groups in total. The molecule has 0 aliphatic heterocycles. The Labute approximate surface area is 229 Å². The van der Waals surface area contributed by atoms with E-state index in [0.29, 0.717) is 13.2 Å². The number of benzene rings is 3. The van der Waals surface area contributed by atoms with Gasteiger partial charge in [-0.15, -0.1) is 11.3 Å². The summed E-state index contributed by atoms with van der Waals surface area (Å²) < 4.78 is 11.9. The van der Waals surface area contributed by atoms with E-state index < -0.39 is 0 Å². The first-order valence-corrected chi connectivity index (χ1v) is 14.2. The summed E-state index contributed by atoms with van der Waals surface area (Å²) in [6, 6.07) is 22.4. The number of esters is 1. The molecule has 0 radical (unpaired) electrons. The van der Waals surface area contributed by atoms with Crippen LogP contribution >= 0.6 is 11.3 Å². The highest BCUT2D eigenvalue weighted by Crippen LogP contribution is 2.36. The summed E-state index contributed by atoms with van der Waals surface area (Å²) in [4.78, 5) is 22.8. The quantitative estimate of drug-likeness (QED) is 0.0686. The zero-order valence-electron chi connectivity index (χ0n) is 22.2. The van der Waals surface area contributed by atoms with Gasteiger partial charge in [0, 0.05) is 10.3 Å². The third-order valence-electron chi connectivity index (χ3n) is 6.42. The summed E-state index contributed by atoms with van der Waals surface area (Å²) in [5.41, 5.74) is 4.87. The molecule has 0 spiro atoms. The second kappa shape index (κ2) is 14.6. The first-order chi connectivity index (χ1) is 18.7. The Morgan fingerprint density at radius 1 is 0.868 bits per heavy atom. The smallest absolute Gasteiger partial charge is 0.309 e. The van der Waals surface area contributed by atoms with Gasteiger partial charge in [0.15, 0.2) is 5.75 Å². The van der Waals surface area contributed by atoms with E-state index in [1.54, 1.807) is 11.3 Å². The van der Waals surface area contributed by atoms with Crippen molar-refractivity contribution in [1.82, 2.24) is 0 Å². The minimum absolute atomic E-state index is 0.241. The summed E-state index contributed by atoms with van der Waals surface area (Å²) in [7, 11) is 1.39. The van der Waals surface area contributed by atoms with Crippen molar-refractivity contribution in [2.75, 3.05) is 20.3 Å². The predicted molar refractivity (Wildman–Crippen MR) is 153 cm³/mol. The molecule has 5 nitrogen and oxygen atoms in total. The van der Waals surface area contributed by atoms with E-state index in [9.17, 15) is 4.79 Å². The molecule has 200 valence electrons. The number of fused-ring (bicyclic) bond motifs is 1. The van der Waals surface area contributed by atoms with E-state index in [1.165, 1.54) is 33.9 Å². The van der Waals surface area contributed by atoms with Gasteiger partial charge in [-0.25, -0.2) is 0 Å². The van der Waals surface area contributed by atoms with E-state index >= 15 is 0 Å². The van der Waals surface area contributed by atoms with Crippen molar-refractivity contribution < 1.29 is 24.0 Å². The number of hydrogen-bond acceptors (Lipinski definition) is 6. The highest BCUT2D eigenvalue weighted by molar-refractivity contribution is 7.17. The van der Waals surface area contributed by atoms with Crippen LogP contribution in [0.1, 0.15) is 48.4 Å². The number of thiophene rings is 1. The summed E-state index contributed by atoms with van der Waals surface area (Å²) in [5.74, 6) is 1.30. The lowest BCUT2D eigenvalue weighted by atomic mass is 10.0. The molecule has 0 unspecified atom stereocenters. The van der Waals surface area contributed by atoms with Gasteiger partial charge in [-0.2, -0.15) is 4.89 Å². The standard InChI is InChI=1S/C32H36O5S/c1-3-10-29-30(18-17-28-26(23-38-32(28)29)16-15-24-11-5-4-6-12-24)37-36-20-8-7-19-35-27-14-9-13-25(21-27)22-31(33)34-2/h4-6,9,11-14,17-18,21,23H,3,7-8,10,15-16,19-20,22H2,1-2H3. The van der Waals surface area contributed by atoms with Crippen molar-refractivity contribution in [1.29, 1.82) is 0 Å². The largest absolute Gasteiger partial charge is 0.494 e. The van der Waals surface area contributed by atoms with E-state index in [1.807, 2.05) is 24.3 Å². The van der Waals surface area contributed by atoms with Crippen LogP contribution in [0.15, 0.2) is 72.1 Å². The Morgan fingerprint density at radius 2 is 1.68 bits per heavy atom. The second-order valence-corrected chi connectivity index (χ2v) is 10.2. The average molecular weight is 533 g/mol. The van der Waals surface area contributed by atoms with Crippen LogP contribution in [0.4, 0.5) is 0 Å². The zero-order valence-corrected chi connectivity index (χ0v) is 23.1. The fourth-order valence-corrected chi connectivity index (χ4v) is 5.59. The van der Waals surface area contributed by atoms with Crippen molar-refractivity contribution in [3.05, 3.63) is 94.4 Å². The fourth-order valence-electron chi connectivity index (χ4n) is 4.42. The highest BCUT2D eigenvalue weighted by atomic mass is 32.1. The first kappa shape index (κ1) is 27.7. The van der Waals surface area contributed by atoms with Gasteiger partial charge in [0.2, 0.25) is 0 Å². The molecule has 4 aromatic rings. The normalized spacial score (nSPS) is 11.0. The zero-order chi connectivity index (χ0) is 26.6. The number of carbonyl (C=O) groups is 1. The van der Waals surface area contributed by atoms with Crippen LogP contribution in [-0.2, 0) is 40.1 Å². The number of aryl methyl sites for hydroxylation is 3. The Morgan fingerprint density at radius 3 is 2.50 bits per heavy atom. The molecule has 0 fully saturated rings. The summed E-state index contributed by atoms with van der Waals surface area (Å²) >= 11 is 1.81. The number of ether oxygens (including phenoxy) is 2. The molecule has 0 saturated heterocycles. The van der Waals surface area contributed by atoms with Gasteiger partial charge in [0.1, 0.15) is 5.75 Å². The highest BCUT2D eigenvalue weighted by Gasteiger charge is 2.14. The van der Waals surface area contributed by atoms with Crippen LogP contribution in [0.3, 0.4) is 0 Å². The molecule has 0 atom stereocenters. The van der Waals surface area contributed by atoms with E-state index in [0.717, 1.165) is 55.6 Å². The van der Waals surface area contributed by atoms with Gasteiger partial charge in [-0.1, -0.05) is 55.8 Å². The van der Waals surface area contributed by atoms with Crippen LogP contribution < -0.4 is 9.62 Å². The maximum Gasteiger partial charge on any atom is 0.309 e. The van der Waals surface area contributed by atoms with Crippen LogP contribution in [-0.4, -0.2) is 26.3 Å². The van der Waals surface area contributed by atoms with Crippen LogP contribution in [0.2, 0.25) is 0 Å². The summed E-state index contributed by atoms with van der Waals surface area (Å²) in [5, 5.41) is 3.62. The summed E-state index contributed by atoms with van der Waals surface area (Å²) in [6.07, 6.45) is 5.97. The van der Waals surface area contributed by atoms with Crippen molar-refractivity contribution >= 4 is 27.4 Å². The molecular weight excluding hydrogens is 496 g/mol. The molecule has 38 heavy (non-hydrogen) atoms. The number of hydrogen-bond donors (Lipinski definition) is 0. The Bertz CT molecular complexity index is 1300. The lowest BCUT2D eigenvalue weighted by molar-refractivity contribution is -0.207. The lowest BCUT2D eigenvalue weighted by Gasteiger charge is -2.12. The van der Waals surface area contributed by atoms with Crippen molar-refractivity contribution in [3.63, 3.8) is 0 Å². The monoisotopic (exact) mass is 532 g/mol. The number of unbranched alkanes of at least 4 members (excludes halogenated alkanes) is 1.